The van der Waals surface area contributed by atoms with Gasteiger partial charge in [-0.05, 0) is 50.9 Å². The predicted molar refractivity (Wildman–Crippen MR) is 65.7 cm³/mol. The summed E-state index contributed by atoms with van der Waals surface area (Å²) in [5, 5.41) is 0. The summed E-state index contributed by atoms with van der Waals surface area (Å²) in [7, 11) is 0. The zero-order valence-corrected chi connectivity index (χ0v) is 11.8. The Labute approximate surface area is 103 Å². The third-order valence-corrected chi connectivity index (χ3v) is 2.89. The van der Waals surface area contributed by atoms with Crippen molar-refractivity contribution in [3.63, 3.8) is 0 Å². The van der Waals surface area contributed by atoms with Crippen LogP contribution < -0.4 is 4.74 Å². The second-order valence-corrected chi connectivity index (χ2v) is 5.91. The Kier molecular flexibility index (Phi) is 4.76. The summed E-state index contributed by atoms with van der Waals surface area (Å²) in [6, 6.07) is 5.87. The molecule has 0 amide bonds. The number of hydrogen-bond acceptors (Lipinski definition) is 1. The zero-order valence-electron chi connectivity index (χ0n) is 7.06. The fraction of sp³-hybridized carbons (Fsp3) is 0.333. The highest BCUT2D eigenvalue weighted by Gasteiger charge is 2.06. The number of rotatable bonds is 3. The molecule has 0 unspecified atom stereocenters. The van der Waals surface area contributed by atoms with Crippen molar-refractivity contribution in [1.82, 2.24) is 0 Å². The minimum atomic E-state index is 0.353. The van der Waals surface area contributed by atoms with Crippen LogP contribution in [-0.2, 0) is 0 Å². The first-order valence-corrected chi connectivity index (χ1v) is 6.32. The number of para-hydroxylation sites is 1. The molecule has 0 saturated carbocycles. The van der Waals surface area contributed by atoms with E-state index in [-0.39, 0.29) is 0 Å². The predicted octanol–water partition coefficient (Wildman–Crippen LogP) is 4.37. The van der Waals surface area contributed by atoms with Gasteiger partial charge in [-0.1, -0.05) is 22.0 Å². The van der Waals surface area contributed by atoms with Crippen LogP contribution in [0.25, 0.3) is 0 Å². The second kappa shape index (κ2) is 5.37. The van der Waals surface area contributed by atoms with Crippen molar-refractivity contribution in [2.75, 3.05) is 6.61 Å². The van der Waals surface area contributed by atoms with Gasteiger partial charge in [-0.2, -0.15) is 0 Å². The molecule has 1 aromatic carbocycles. The highest BCUT2D eigenvalue weighted by Crippen LogP contribution is 2.33. The molecule has 0 saturated heterocycles. The number of alkyl halides is 1. The van der Waals surface area contributed by atoms with Crippen LogP contribution in [0.4, 0.5) is 0 Å². The molecule has 0 spiro atoms. The number of ether oxygens (including phenoxy) is 1. The lowest BCUT2D eigenvalue weighted by molar-refractivity contribution is 0.320. The van der Waals surface area contributed by atoms with E-state index < -0.39 is 0 Å². The molecular formula is C9H9Br3O. The van der Waals surface area contributed by atoms with Gasteiger partial charge in [0.1, 0.15) is 12.4 Å². The molecule has 1 rings (SSSR count). The van der Waals surface area contributed by atoms with Crippen LogP contribution in [0.2, 0.25) is 0 Å². The third-order valence-electron chi connectivity index (χ3n) is 1.38. The van der Waals surface area contributed by atoms with Crippen LogP contribution in [0.5, 0.6) is 5.75 Å². The lowest BCUT2D eigenvalue weighted by Crippen LogP contribution is -2.07. The molecule has 0 radical (unpaired) electrons. The van der Waals surface area contributed by atoms with Crippen molar-refractivity contribution >= 4 is 47.8 Å². The first kappa shape index (κ1) is 11.5. The summed E-state index contributed by atoms with van der Waals surface area (Å²) in [6.45, 7) is 2.70. The molecule has 0 bridgehead atoms. The van der Waals surface area contributed by atoms with Crippen molar-refractivity contribution in [3.05, 3.63) is 27.1 Å². The van der Waals surface area contributed by atoms with Gasteiger partial charge in [0.2, 0.25) is 0 Å². The Balaban J connectivity index is 2.75. The van der Waals surface area contributed by atoms with E-state index in [1.54, 1.807) is 0 Å². The van der Waals surface area contributed by atoms with E-state index in [4.69, 9.17) is 4.74 Å². The summed E-state index contributed by atoms with van der Waals surface area (Å²) in [6.07, 6.45) is 0. The lowest BCUT2D eigenvalue weighted by Gasteiger charge is -2.10. The first-order valence-electron chi connectivity index (χ1n) is 3.82. The molecule has 72 valence electrons. The Bertz CT molecular complexity index is 266. The molecule has 13 heavy (non-hydrogen) atoms. The summed E-state index contributed by atoms with van der Waals surface area (Å²) < 4.78 is 7.52. The van der Waals surface area contributed by atoms with Crippen LogP contribution in [0.1, 0.15) is 6.92 Å². The number of halogens is 3. The van der Waals surface area contributed by atoms with Crippen molar-refractivity contribution in [1.29, 1.82) is 0 Å². The fourth-order valence-electron chi connectivity index (χ4n) is 0.819. The SMILES string of the molecule is C[C@H](Br)COc1c(Br)cccc1Br. The molecular weight excluding hydrogens is 364 g/mol. The molecule has 0 heterocycles. The molecule has 0 N–H and O–H groups in total. The highest BCUT2D eigenvalue weighted by atomic mass is 79.9. The average Bonchev–Trinajstić information content (AvgIpc) is 2.03. The summed E-state index contributed by atoms with van der Waals surface area (Å²) >= 11 is 10.3. The van der Waals surface area contributed by atoms with E-state index >= 15 is 0 Å². The van der Waals surface area contributed by atoms with Crippen LogP contribution in [-0.4, -0.2) is 11.4 Å². The maximum atomic E-state index is 5.59. The summed E-state index contributed by atoms with van der Waals surface area (Å²) in [4.78, 5) is 0.353. The van der Waals surface area contributed by atoms with E-state index in [0.29, 0.717) is 11.4 Å². The highest BCUT2D eigenvalue weighted by molar-refractivity contribution is 9.11. The molecule has 1 nitrogen and oxygen atoms in total. The van der Waals surface area contributed by atoms with Gasteiger partial charge in [-0.3, -0.25) is 0 Å². The normalized spacial score (nSPS) is 12.6. The van der Waals surface area contributed by atoms with E-state index in [2.05, 4.69) is 47.8 Å². The minimum Gasteiger partial charge on any atom is -0.490 e. The van der Waals surface area contributed by atoms with Crippen molar-refractivity contribution < 1.29 is 4.74 Å². The lowest BCUT2D eigenvalue weighted by atomic mass is 10.3. The number of hydrogen-bond donors (Lipinski definition) is 0. The zero-order chi connectivity index (χ0) is 9.84. The van der Waals surface area contributed by atoms with E-state index in [1.165, 1.54) is 0 Å². The molecule has 0 aliphatic rings. The van der Waals surface area contributed by atoms with Crippen LogP contribution in [0, 0.1) is 0 Å². The van der Waals surface area contributed by atoms with Gasteiger partial charge in [-0.25, -0.2) is 0 Å². The number of benzene rings is 1. The largest absolute Gasteiger partial charge is 0.490 e. The van der Waals surface area contributed by atoms with Gasteiger partial charge in [0, 0.05) is 4.83 Å². The smallest absolute Gasteiger partial charge is 0.147 e. The molecule has 0 aromatic heterocycles. The maximum absolute atomic E-state index is 5.59. The Morgan fingerprint density at radius 2 is 1.85 bits per heavy atom. The van der Waals surface area contributed by atoms with Crippen molar-refractivity contribution in [2.24, 2.45) is 0 Å². The maximum Gasteiger partial charge on any atom is 0.147 e. The third kappa shape index (κ3) is 3.60. The van der Waals surface area contributed by atoms with Gasteiger partial charge in [-0.15, -0.1) is 0 Å². The Hall–Kier alpha value is 0.460. The van der Waals surface area contributed by atoms with Gasteiger partial charge in [0.05, 0.1) is 8.95 Å². The van der Waals surface area contributed by atoms with Crippen LogP contribution >= 0.6 is 47.8 Å². The fourth-order valence-corrected chi connectivity index (χ4v) is 2.18. The molecule has 0 aliphatic carbocycles. The topological polar surface area (TPSA) is 9.23 Å². The molecule has 1 atom stereocenters. The summed E-state index contributed by atoms with van der Waals surface area (Å²) in [5.41, 5.74) is 0. The van der Waals surface area contributed by atoms with Gasteiger partial charge >= 0.3 is 0 Å². The molecule has 1 aromatic rings. The van der Waals surface area contributed by atoms with Gasteiger partial charge < -0.3 is 4.74 Å². The second-order valence-electron chi connectivity index (χ2n) is 2.64. The van der Waals surface area contributed by atoms with Crippen LogP contribution in [0.15, 0.2) is 27.1 Å². The minimum absolute atomic E-state index is 0.353. The van der Waals surface area contributed by atoms with E-state index in [9.17, 15) is 0 Å². The Morgan fingerprint density at radius 1 is 1.31 bits per heavy atom. The molecule has 4 heteroatoms. The molecule has 0 aliphatic heterocycles. The molecule has 0 fully saturated rings. The first-order chi connectivity index (χ1) is 6.11. The quantitative estimate of drug-likeness (QED) is 0.716. The van der Waals surface area contributed by atoms with E-state index in [1.807, 2.05) is 25.1 Å². The van der Waals surface area contributed by atoms with Crippen molar-refractivity contribution in [2.45, 2.75) is 11.8 Å². The van der Waals surface area contributed by atoms with E-state index in [0.717, 1.165) is 14.7 Å². The Morgan fingerprint density at radius 3 is 2.31 bits per heavy atom. The average molecular weight is 373 g/mol. The summed E-state index contributed by atoms with van der Waals surface area (Å²) in [5.74, 6) is 0.855. The van der Waals surface area contributed by atoms with Gasteiger partial charge in [0.15, 0.2) is 0 Å². The monoisotopic (exact) mass is 370 g/mol. The van der Waals surface area contributed by atoms with Gasteiger partial charge in [0.25, 0.3) is 0 Å². The van der Waals surface area contributed by atoms with Crippen molar-refractivity contribution in [3.8, 4) is 5.75 Å². The van der Waals surface area contributed by atoms with Crippen LogP contribution in [0.3, 0.4) is 0 Å². The standard InChI is InChI=1S/C9H9Br3O/c1-6(10)5-13-9-7(11)3-2-4-8(9)12/h2-4,6H,5H2,1H3/t6-/m0/s1.